The molecule has 1 aromatic carbocycles. The van der Waals surface area contributed by atoms with Gasteiger partial charge in [-0.1, -0.05) is 12.1 Å². The number of benzene rings is 1. The second-order valence-corrected chi connectivity index (χ2v) is 6.74. The van der Waals surface area contributed by atoms with Gasteiger partial charge in [0.05, 0.1) is 16.8 Å². The van der Waals surface area contributed by atoms with Gasteiger partial charge in [0, 0.05) is 18.1 Å². The monoisotopic (exact) mass is 294 g/mol. The molecular weight excluding hydrogens is 280 g/mol. The lowest BCUT2D eigenvalue weighted by Crippen LogP contribution is -2.46. The van der Waals surface area contributed by atoms with Gasteiger partial charge in [0.15, 0.2) is 0 Å². The van der Waals surface area contributed by atoms with Crippen LogP contribution in [-0.4, -0.2) is 45.1 Å². The van der Waals surface area contributed by atoms with Crippen LogP contribution in [0.25, 0.3) is 10.2 Å². The molecule has 1 fully saturated rings. The fourth-order valence-corrected chi connectivity index (χ4v) is 4.32. The Morgan fingerprint density at radius 1 is 1.47 bits per heavy atom. The van der Waals surface area contributed by atoms with Crippen molar-refractivity contribution in [2.75, 3.05) is 18.1 Å². The van der Waals surface area contributed by atoms with Crippen LogP contribution >= 0.6 is 23.1 Å². The van der Waals surface area contributed by atoms with Crippen LogP contribution in [0.2, 0.25) is 0 Å². The molecule has 0 saturated carbocycles. The third kappa shape index (κ3) is 2.75. The number of hydrogen-bond acceptors (Lipinski definition) is 5. The Morgan fingerprint density at radius 2 is 2.32 bits per heavy atom. The first-order valence-corrected chi connectivity index (χ1v) is 8.10. The van der Waals surface area contributed by atoms with E-state index in [4.69, 9.17) is 0 Å². The molecule has 1 unspecified atom stereocenters. The van der Waals surface area contributed by atoms with Gasteiger partial charge in [0.2, 0.25) is 0 Å². The molecule has 0 aliphatic carbocycles. The van der Waals surface area contributed by atoms with Crippen LogP contribution < -0.4 is 0 Å². The Kier molecular flexibility index (Phi) is 3.72. The van der Waals surface area contributed by atoms with Crippen LogP contribution in [0.5, 0.6) is 0 Å². The van der Waals surface area contributed by atoms with Crippen LogP contribution in [0.3, 0.4) is 0 Å². The zero-order valence-electron chi connectivity index (χ0n) is 10.3. The van der Waals surface area contributed by atoms with Gasteiger partial charge in [0.1, 0.15) is 11.0 Å². The Bertz CT molecular complexity index is 566. The molecule has 0 amide bonds. The maximum Gasteiger partial charge on any atom is 0.321 e. The summed E-state index contributed by atoms with van der Waals surface area (Å²) in [6, 6.07) is 7.64. The first-order valence-electron chi connectivity index (χ1n) is 6.13. The van der Waals surface area contributed by atoms with Crippen molar-refractivity contribution in [2.24, 2.45) is 0 Å². The Hall–Kier alpha value is -1.11. The maximum absolute atomic E-state index is 11.3. The van der Waals surface area contributed by atoms with Crippen LogP contribution in [0.15, 0.2) is 24.3 Å². The second-order valence-electron chi connectivity index (χ2n) is 4.47. The average molecular weight is 294 g/mol. The summed E-state index contributed by atoms with van der Waals surface area (Å²) >= 11 is 3.36. The molecule has 6 heteroatoms. The molecule has 19 heavy (non-hydrogen) atoms. The lowest BCUT2D eigenvalue weighted by molar-refractivity contribution is -0.142. The zero-order valence-corrected chi connectivity index (χ0v) is 11.9. The number of aliphatic carboxylic acids is 1. The molecule has 2 aromatic rings. The molecule has 2 heterocycles. The molecule has 0 bridgehead atoms. The number of carboxylic acid groups (broad SMARTS) is 1. The fraction of sp³-hybridized carbons (Fsp3) is 0.385. The number of para-hydroxylation sites is 1. The molecular formula is C13H14N2O2S2. The molecule has 0 radical (unpaired) electrons. The molecule has 1 aliphatic rings. The van der Waals surface area contributed by atoms with Gasteiger partial charge in [-0.25, -0.2) is 4.98 Å². The number of carbonyl (C=O) groups is 1. The van der Waals surface area contributed by atoms with Gasteiger partial charge < -0.3 is 5.11 Å². The lowest BCUT2D eigenvalue weighted by atomic mass is 10.2. The van der Waals surface area contributed by atoms with Crippen molar-refractivity contribution < 1.29 is 9.90 Å². The number of hydrogen-bond donors (Lipinski definition) is 1. The minimum Gasteiger partial charge on any atom is -0.480 e. The summed E-state index contributed by atoms with van der Waals surface area (Å²) in [6.45, 7) is 1.45. The highest BCUT2D eigenvalue weighted by Crippen LogP contribution is 2.25. The van der Waals surface area contributed by atoms with Gasteiger partial charge in [0.25, 0.3) is 0 Å². The molecule has 0 spiro atoms. The number of nitrogens with zero attached hydrogens (tertiary/aromatic N) is 2. The Balaban J connectivity index is 1.80. The summed E-state index contributed by atoms with van der Waals surface area (Å²) in [5.74, 6) is 0.933. The molecule has 4 nitrogen and oxygen atoms in total. The summed E-state index contributed by atoms with van der Waals surface area (Å²) in [7, 11) is 0. The standard InChI is InChI=1S/C13H14N2O2S2/c16-13(17)10-8-18-6-5-15(10)7-12-14-9-3-1-2-4-11(9)19-12/h1-4,10H,5-8H2,(H,16,17). The van der Waals surface area contributed by atoms with E-state index in [9.17, 15) is 9.90 Å². The number of thiazole rings is 1. The van der Waals surface area contributed by atoms with Crippen LogP contribution in [0.4, 0.5) is 0 Å². The molecule has 1 atom stereocenters. The highest BCUT2D eigenvalue weighted by Gasteiger charge is 2.29. The third-order valence-electron chi connectivity index (χ3n) is 3.20. The first-order chi connectivity index (χ1) is 9.24. The summed E-state index contributed by atoms with van der Waals surface area (Å²) < 4.78 is 1.16. The highest BCUT2D eigenvalue weighted by atomic mass is 32.2. The molecule has 100 valence electrons. The van der Waals surface area contributed by atoms with E-state index in [0.717, 1.165) is 27.5 Å². The third-order valence-corrected chi connectivity index (χ3v) is 5.24. The van der Waals surface area contributed by atoms with E-state index in [-0.39, 0.29) is 6.04 Å². The van der Waals surface area contributed by atoms with Crippen molar-refractivity contribution in [1.82, 2.24) is 9.88 Å². The highest BCUT2D eigenvalue weighted by molar-refractivity contribution is 7.99. The minimum atomic E-state index is -0.728. The maximum atomic E-state index is 11.3. The summed E-state index contributed by atoms with van der Waals surface area (Å²) in [6.07, 6.45) is 0. The predicted octanol–water partition coefficient (Wildman–Crippen LogP) is 2.30. The summed E-state index contributed by atoms with van der Waals surface area (Å²) in [5.41, 5.74) is 1.00. The largest absolute Gasteiger partial charge is 0.480 e. The van der Waals surface area contributed by atoms with Crippen molar-refractivity contribution in [3.63, 3.8) is 0 Å². The van der Waals surface area contributed by atoms with Crippen molar-refractivity contribution >= 4 is 39.3 Å². The van der Waals surface area contributed by atoms with E-state index < -0.39 is 5.97 Å². The topological polar surface area (TPSA) is 53.4 Å². The van der Waals surface area contributed by atoms with Crippen molar-refractivity contribution in [3.05, 3.63) is 29.3 Å². The van der Waals surface area contributed by atoms with Gasteiger partial charge in [-0.05, 0) is 12.1 Å². The average Bonchev–Trinajstić information content (AvgIpc) is 2.81. The SMILES string of the molecule is O=C(O)C1CSCCN1Cc1nc2ccccc2s1. The number of aromatic nitrogens is 1. The molecule has 1 N–H and O–H groups in total. The normalized spacial score (nSPS) is 20.7. The Morgan fingerprint density at radius 3 is 3.11 bits per heavy atom. The number of rotatable bonds is 3. The molecule has 1 saturated heterocycles. The van der Waals surface area contributed by atoms with E-state index in [1.54, 1.807) is 23.1 Å². The van der Waals surface area contributed by atoms with Crippen molar-refractivity contribution in [3.8, 4) is 0 Å². The van der Waals surface area contributed by atoms with Gasteiger partial charge in [-0.2, -0.15) is 11.8 Å². The number of fused-ring (bicyclic) bond motifs is 1. The van der Waals surface area contributed by atoms with Gasteiger partial charge >= 0.3 is 5.97 Å². The molecule has 1 aliphatic heterocycles. The number of carboxylic acids is 1. The second kappa shape index (κ2) is 5.48. The smallest absolute Gasteiger partial charge is 0.321 e. The molecule has 1 aromatic heterocycles. The fourth-order valence-electron chi connectivity index (χ4n) is 2.22. The Labute approximate surface area is 119 Å². The van der Waals surface area contributed by atoms with Gasteiger partial charge in [-0.15, -0.1) is 11.3 Å². The zero-order chi connectivity index (χ0) is 13.2. The van der Waals surface area contributed by atoms with Crippen LogP contribution in [0, 0.1) is 0 Å². The van der Waals surface area contributed by atoms with E-state index in [0.29, 0.717) is 12.3 Å². The van der Waals surface area contributed by atoms with Crippen molar-refractivity contribution in [2.45, 2.75) is 12.6 Å². The quantitative estimate of drug-likeness (QED) is 0.941. The van der Waals surface area contributed by atoms with Crippen molar-refractivity contribution in [1.29, 1.82) is 0 Å². The van der Waals surface area contributed by atoms with Crippen LogP contribution in [0.1, 0.15) is 5.01 Å². The van der Waals surface area contributed by atoms with E-state index in [1.165, 1.54) is 0 Å². The minimum absolute atomic E-state index is 0.384. The van der Waals surface area contributed by atoms with E-state index in [2.05, 4.69) is 11.1 Å². The predicted molar refractivity (Wildman–Crippen MR) is 78.8 cm³/mol. The van der Waals surface area contributed by atoms with Crippen LogP contribution in [-0.2, 0) is 11.3 Å². The van der Waals surface area contributed by atoms with Gasteiger partial charge in [-0.3, -0.25) is 9.69 Å². The lowest BCUT2D eigenvalue weighted by Gasteiger charge is -2.31. The van der Waals surface area contributed by atoms with E-state index in [1.807, 2.05) is 23.1 Å². The summed E-state index contributed by atoms with van der Waals surface area (Å²) in [4.78, 5) is 17.9. The first kappa shape index (κ1) is 12.9. The summed E-state index contributed by atoms with van der Waals surface area (Å²) in [5, 5.41) is 10.3. The number of thioether (sulfide) groups is 1. The molecule has 3 rings (SSSR count). The van der Waals surface area contributed by atoms with E-state index >= 15 is 0 Å².